The molecular weight excluding hydrogens is 370 g/mol. The fourth-order valence-electron chi connectivity index (χ4n) is 2.05. The zero-order valence-corrected chi connectivity index (χ0v) is 12.9. The summed E-state index contributed by atoms with van der Waals surface area (Å²) in [6, 6.07) is 6.72. The zero-order valence-electron chi connectivity index (χ0n) is 9.75. The minimum Gasteiger partial charge on any atom is -0.330 e. The number of aromatic nitrogens is 2. The van der Waals surface area contributed by atoms with Crippen LogP contribution in [0.1, 0.15) is 0 Å². The van der Waals surface area contributed by atoms with E-state index in [9.17, 15) is 8.78 Å². The molecule has 0 aliphatic carbocycles. The lowest BCUT2D eigenvalue weighted by Gasteiger charge is -2.10. The van der Waals surface area contributed by atoms with E-state index >= 15 is 0 Å². The minimum absolute atomic E-state index is 0.179. The quantitative estimate of drug-likeness (QED) is 0.566. The van der Waals surface area contributed by atoms with Crippen molar-refractivity contribution >= 4 is 50.8 Å². The molecule has 0 aliphatic heterocycles. The second kappa shape index (κ2) is 4.95. The van der Waals surface area contributed by atoms with Gasteiger partial charge in [-0.2, -0.15) is 0 Å². The van der Waals surface area contributed by atoms with Crippen molar-refractivity contribution in [1.29, 1.82) is 0 Å². The van der Waals surface area contributed by atoms with Gasteiger partial charge in [-0.25, -0.2) is 8.78 Å². The van der Waals surface area contributed by atoms with Crippen molar-refractivity contribution in [2.75, 3.05) is 0 Å². The highest BCUT2D eigenvalue weighted by Crippen LogP contribution is 2.33. The van der Waals surface area contributed by atoms with E-state index in [1.54, 1.807) is 10.6 Å². The number of hydrogen-bond donors (Lipinski definition) is 1. The lowest BCUT2D eigenvalue weighted by atomic mass is 10.2. The van der Waals surface area contributed by atoms with Crippen LogP contribution in [0.4, 0.5) is 8.78 Å². The molecular formula is C13H6BrClF2N2S. The highest BCUT2D eigenvalue weighted by molar-refractivity contribution is 9.10. The Labute approximate surface area is 131 Å². The molecule has 102 valence electrons. The fraction of sp³-hybridized carbons (Fsp3) is 0. The summed E-state index contributed by atoms with van der Waals surface area (Å²) in [4.78, 5) is 2.96. The summed E-state index contributed by atoms with van der Waals surface area (Å²) >= 11 is 14.6. The number of halogens is 4. The average Bonchev–Trinajstić information content (AvgIpc) is 2.65. The molecule has 0 amide bonds. The minimum atomic E-state index is -0.469. The van der Waals surface area contributed by atoms with Gasteiger partial charge in [0.2, 0.25) is 0 Å². The van der Waals surface area contributed by atoms with Crippen molar-refractivity contribution in [2.45, 2.75) is 0 Å². The van der Waals surface area contributed by atoms with Crippen molar-refractivity contribution in [1.82, 2.24) is 9.55 Å². The molecule has 0 fully saturated rings. The topological polar surface area (TPSA) is 20.7 Å². The van der Waals surface area contributed by atoms with Gasteiger partial charge in [0.1, 0.15) is 11.6 Å². The predicted molar refractivity (Wildman–Crippen MR) is 81.1 cm³/mol. The summed E-state index contributed by atoms with van der Waals surface area (Å²) < 4.78 is 29.1. The molecule has 0 aliphatic rings. The summed E-state index contributed by atoms with van der Waals surface area (Å²) in [5.41, 5.74) is 1.67. The van der Waals surface area contributed by atoms with E-state index in [4.69, 9.17) is 23.8 Å². The van der Waals surface area contributed by atoms with E-state index in [2.05, 4.69) is 20.9 Å². The first-order valence-electron chi connectivity index (χ1n) is 5.52. The number of nitrogens with one attached hydrogen (secondary N) is 1. The first kappa shape index (κ1) is 13.7. The van der Waals surface area contributed by atoms with E-state index in [1.807, 2.05) is 0 Å². The van der Waals surface area contributed by atoms with Gasteiger partial charge in [-0.3, -0.25) is 4.57 Å². The highest BCUT2D eigenvalue weighted by Gasteiger charge is 2.15. The molecule has 0 bridgehead atoms. The monoisotopic (exact) mass is 374 g/mol. The van der Waals surface area contributed by atoms with E-state index < -0.39 is 11.6 Å². The van der Waals surface area contributed by atoms with Crippen LogP contribution < -0.4 is 0 Å². The van der Waals surface area contributed by atoms with Crippen LogP contribution in [0.15, 0.2) is 34.8 Å². The van der Waals surface area contributed by atoms with Crippen LogP contribution in [0, 0.1) is 16.4 Å². The van der Waals surface area contributed by atoms with Gasteiger partial charge in [0.15, 0.2) is 4.77 Å². The van der Waals surface area contributed by atoms with Crippen molar-refractivity contribution in [2.24, 2.45) is 0 Å². The standard InChI is InChI=1S/C13H6BrClF2N2S/c14-8-3-7(17)4-9(15)12(8)19-11-5-6(16)1-2-10(11)18-13(19)20/h1-5H,(H,18,20). The Morgan fingerprint density at radius 1 is 1.15 bits per heavy atom. The smallest absolute Gasteiger partial charge is 0.182 e. The normalized spacial score (nSPS) is 11.2. The zero-order chi connectivity index (χ0) is 14.4. The van der Waals surface area contributed by atoms with Gasteiger partial charge in [0.25, 0.3) is 0 Å². The predicted octanol–water partition coefficient (Wildman–Crippen LogP) is 5.38. The molecule has 0 atom stereocenters. The SMILES string of the molecule is Fc1cc(Cl)c(-n2c(=S)[nH]c3ccc(F)cc32)c(Br)c1. The molecule has 2 nitrogen and oxygen atoms in total. The van der Waals surface area contributed by atoms with Gasteiger partial charge in [-0.15, -0.1) is 0 Å². The molecule has 3 rings (SSSR count). The van der Waals surface area contributed by atoms with Crippen molar-refractivity contribution in [3.05, 3.63) is 56.2 Å². The molecule has 0 saturated heterocycles. The second-order valence-corrected chi connectivity index (χ2v) is 5.79. The van der Waals surface area contributed by atoms with Crippen LogP contribution in [-0.2, 0) is 0 Å². The summed E-state index contributed by atoms with van der Waals surface area (Å²) in [6.07, 6.45) is 0. The number of benzene rings is 2. The molecule has 0 radical (unpaired) electrons. The molecule has 0 spiro atoms. The van der Waals surface area contributed by atoms with E-state index in [0.717, 1.165) is 0 Å². The van der Waals surface area contributed by atoms with E-state index in [1.165, 1.54) is 24.3 Å². The van der Waals surface area contributed by atoms with Gasteiger partial charge < -0.3 is 4.98 Å². The number of rotatable bonds is 1. The van der Waals surface area contributed by atoms with Crippen molar-refractivity contribution in [3.63, 3.8) is 0 Å². The van der Waals surface area contributed by atoms with Crippen LogP contribution >= 0.6 is 39.7 Å². The molecule has 3 aromatic rings. The number of aromatic amines is 1. The third kappa shape index (κ3) is 2.17. The Morgan fingerprint density at radius 3 is 2.60 bits per heavy atom. The lowest BCUT2D eigenvalue weighted by molar-refractivity contribution is 0.626. The molecule has 1 heterocycles. The first-order valence-corrected chi connectivity index (χ1v) is 7.10. The van der Waals surface area contributed by atoms with E-state index in [0.29, 0.717) is 26.0 Å². The summed E-state index contributed by atoms with van der Waals surface area (Å²) in [5, 5.41) is 0.179. The van der Waals surface area contributed by atoms with Crippen LogP contribution in [-0.4, -0.2) is 9.55 Å². The largest absolute Gasteiger partial charge is 0.330 e. The summed E-state index contributed by atoms with van der Waals surface area (Å²) in [5.74, 6) is -0.863. The van der Waals surface area contributed by atoms with Crippen molar-refractivity contribution in [3.8, 4) is 5.69 Å². The van der Waals surface area contributed by atoms with Gasteiger partial charge in [0.05, 0.1) is 21.7 Å². The third-order valence-corrected chi connectivity index (χ3v) is 4.03. The number of imidazole rings is 1. The lowest BCUT2D eigenvalue weighted by Crippen LogP contribution is -1.98. The second-order valence-electron chi connectivity index (χ2n) is 4.15. The maximum Gasteiger partial charge on any atom is 0.182 e. The highest BCUT2D eigenvalue weighted by atomic mass is 79.9. The number of fused-ring (bicyclic) bond motifs is 1. The number of hydrogen-bond acceptors (Lipinski definition) is 1. The molecule has 1 N–H and O–H groups in total. The third-order valence-electron chi connectivity index (χ3n) is 2.85. The summed E-state index contributed by atoms with van der Waals surface area (Å²) in [6.45, 7) is 0. The Bertz CT molecular complexity index is 865. The van der Waals surface area contributed by atoms with Gasteiger partial charge in [0, 0.05) is 10.5 Å². The number of H-pyrrole nitrogens is 1. The van der Waals surface area contributed by atoms with Gasteiger partial charge >= 0.3 is 0 Å². The Hall–Kier alpha value is -1.24. The van der Waals surface area contributed by atoms with Gasteiger partial charge in [-0.05, 0) is 52.4 Å². The maximum atomic E-state index is 13.4. The van der Waals surface area contributed by atoms with Crippen molar-refractivity contribution < 1.29 is 8.78 Å². The summed E-state index contributed by atoms with van der Waals surface area (Å²) in [7, 11) is 0. The molecule has 0 saturated carbocycles. The molecule has 20 heavy (non-hydrogen) atoms. The average molecular weight is 376 g/mol. The Morgan fingerprint density at radius 2 is 1.90 bits per heavy atom. The van der Waals surface area contributed by atoms with Crippen LogP contribution in [0.2, 0.25) is 5.02 Å². The molecule has 2 aromatic carbocycles. The Kier molecular flexibility index (Phi) is 3.40. The molecule has 1 aromatic heterocycles. The fourth-order valence-corrected chi connectivity index (χ4v) is 3.36. The first-order chi connectivity index (χ1) is 9.47. The van der Waals surface area contributed by atoms with E-state index in [-0.39, 0.29) is 5.02 Å². The van der Waals surface area contributed by atoms with Crippen LogP contribution in [0.3, 0.4) is 0 Å². The molecule has 7 heteroatoms. The van der Waals surface area contributed by atoms with Crippen LogP contribution in [0.5, 0.6) is 0 Å². The van der Waals surface area contributed by atoms with Gasteiger partial charge in [-0.1, -0.05) is 11.6 Å². The number of nitrogens with zero attached hydrogens (tertiary/aromatic N) is 1. The maximum absolute atomic E-state index is 13.4. The van der Waals surface area contributed by atoms with Crippen LogP contribution in [0.25, 0.3) is 16.7 Å². The Balaban J connectivity index is 2.44. The molecule has 0 unspecified atom stereocenters.